The minimum atomic E-state index is -0.342. The number of carbonyl (C=O) groups is 2. The predicted molar refractivity (Wildman–Crippen MR) is 101 cm³/mol. The molecule has 0 radical (unpaired) electrons. The summed E-state index contributed by atoms with van der Waals surface area (Å²) >= 11 is 0. The quantitative estimate of drug-likeness (QED) is 0.652. The van der Waals surface area contributed by atoms with Gasteiger partial charge >= 0.3 is 5.97 Å². The standard InChI is InChI=1S/C23H36O3/c1-15(24)26-14-21(25)20-10-9-18-17-8-7-16-6-4-5-12-22(16,2)19(17)11-13-23(18,20)3/h16-20H,4-14H2,1-3H3/t16-,17+,18-,19+,20+,22+,23-/m1/s1. The Morgan fingerprint density at radius 2 is 1.65 bits per heavy atom. The average molecular weight is 361 g/mol. The molecule has 0 amide bonds. The smallest absolute Gasteiger partial charge is 0.303 e. The molecule has 0 saturated heterocycles. The van der Waals surface area contributed by atoms with E-state index in [0.717, 1.165) is 24.2 Å². The van der Waals surface area contributed by atoms with Gasteiger partial charge in [0.05, 0.1) is 0 Å². The fraction of sp³-hybridized carbons (Fsp3) is 0.913. The molecule has 0 aliphatic heterocycles. The molecule has 3 nitrogen and oxygen atoms in total. The summed E-state index contributed by atoms with van der Waals surface area (Å²) in [5.74, 6) is 3.27. The zero-order valence-corrected chi connectivity index (χ0v) is 16.9. The monoisotopic (exact) mass is 360 g/mol. The first kappa shape index (κ1) is 18.5. The summed E-state index contributed by atoms with van der Waals surface area (Å²) in [5.41, 5.74) is 0.693. The second kappa shape index (κ2) is 6.63. The maximum atomic E-state index is 12.8. The number of Topliss-reactive ketones (excluding diaryl/α,β-unsaturated/α-hetero) is 1. The van der Waals surface area contributed by atoms with E-state index in [9.17, 15) is 9.59 Å². The van der Waals surface area contributed by atoms with Crippen molar-refractivity contribution in [2.75, 3.05) is 6.61 Å². The Morgan fingerprint density at radius 1 is 0.885 bits per heavy atom. The number of ether oxygens (including phenoxy) is 1. The molecule has 4 aliphatic carbocycles. The molecule has 0 unspecified atom stereocenters. The highest BCUT2D eigenvalue weighted by Crippen LogP contribution is 2.67. The lowest BCUT2D eigenvalue weighted by molar-refractivity contribution is -0.150. The van der Waals surface area contributed by atoms with Crippen LogP contribution in [0.3, 0.4) is 0 Å². The summed E-state index contributed by atoms with van der Waals surface area (Å²) in [7, 11) is 0. The third kappa shape index (κ3) is 2.76. The van der Waals surface area contributed by atoms with Gasteiger partial charge in [-0.3, -0.25) is 9.59 Å². The molecule has 0 aromatic carbocycles. The molecule has 3 heteroatoms. The topological polar surface area (TPSA) is 43.4 Å². The molecule has 4 aliphatic rings. The first-order valence-electron chi connectivity index (χ1n) is 11.0. The Morgan fingerprint density at radius 3 is 2.42 bits per heavy atom. The summed E-state index contributed by atoms with van der Waals surface area (Å²) in [6, 6.07) is 0. The van der Waals surface area contributed by atoms with Crippen LogP contribution in [0.15, 0.2) is 0 Å². The number of fused-ring (bicyclic) bond motifs is 5. The summed E-state index contributed by atoms with van der Waals surface area (Å²) in [5, 5.41) is 0. The van der Waals surface area contributed by atoms with E-state index >= 15 is 0 Å². The van der Waals surface area contributed by atoms with E-state index in [1.807, 2.05) is 0 Å². The van der Waals surface area contributed by atoms with Crippen LogP contribution in [0.4, 0.5) is 0 Å². The highest BCUT2D eigenvalue weighted by Gasteiger charge is 2.60. The van der Waals surface area contributed by atoms with Crippen molar-refractivity contribution in [3.8, 4) is 0 Å². The van der Waals surface area contributed by atoms with Crippen LogP contribution in [0.25, 0.3) is 0 Å². The second-order valence-corrected chi connectivity index (χ2v) is 10.3. The first-order chi connectivity index (χ1) is 12.4. The minimum Gasteiger partial charge on any atom is -0.458 e. The van der Waals surface area contributed by atoms with Crippen LogP contribution in [0.1, 0.15) is 85.0 Å². The lowest BCUT2D eigenvalue weighted by Crippen LogP contribution is -2.53. The molecule has 4 saturated carbocycles. The Bertz CT molecular complexity index is 584. The maximum absolute atomic E-state index is 12.8. The molecule has 0 N–H and O–H groups in total. The Labute approximate surface area is 158 Å². The van der Waals surface area contributed by atoms with E-state index in [1.165, 1.54) is 64.7 Å². The number of esters is 1. The van der Waals surface area contributed by atoms with Crippen LogP contribution in [-0.4, -0.2) is 18.4 Å². The maximum Gasteiger partial charge on any atom is 0.303 e. The molecule has 26 heavy (non-hydrogen) atoms. The number of hydrogen-bond acceptors (Lipinski definition) is 3. The third-order valence-electron chi connectivity index (χ3n) is 9.39. The zero-order chi connectivity index (χ0) is 18.5. The van der Waals surface area contributed by atoms with Crippen molar-refractivity contribution < 1.29 is 14.3 Å². The molecule has 4 fully saturated rings. The van der Waals surface area contributed by atoms with E-state index in [4.69, 9.17) is 4.74 Å². The molecule has 0 aromatic rings. The zero-order valence-electron chi connectivity index (χ0n) is 16.9. The van der Waals surface area contributed by atoms with Gasteiger partial charge in [-0.1, -0.05) is 26.7 Å². The molecule has 146 valence electrons. The number of carbonyl (C=O) groups excluding carboxylic acids is 2. The molecule has 0 aromatic heterocycles. The van der Waals surface area contributed by atoms with Gasteiger partial charge in [0.2, 0.25) is 0 Å². The predicted octanol–water partition coefficient (Wildman–Crippen LogP) is 5.17. The van der Waals surface area contributed by atoms with Crippen LogP contribution >= 0.6 is 0 Å². The normalized spacial score (nSPS) is 47.4. The summed E-state index contributed by atoms with van der Waals surface area (Å²) in [6.07, 6.45) is 13.2. The van der Waals surface area contributed by atoms with Gasteiger partial charge in [0, 0.05) is 12.8 Å². The van der Waals surface area contributed by atoms with Gasteiger partial charge < -0.3 is 4.74 Å². The summed E-state index contributed by atoms with van der Waals surface area (Å²) < 4.78 is 5.05. The van der Waals surface area contributed by atoms with Gasteiger partial charge in [0.15, 0.2) is 5.78 Å². The van der Waals surface area contributed by atoms with Crippen molar-refractivity contribution in [1.29, 1.82) is 0 Å². The van der Waals surface area contributed by atoms with E-state index in [1.54, 1.807) is 0 Å². The van der Waals surface area contributed by atoms with Crippen LogP contribution in [0, 0.1) is 40.4 Å². The van der Waals surface area contributed by atoms with Gasteiger partial charge in [-0.05, 0) is 85.9 Å². The van der Waals surface area contributed by atoms with Crippen molar-refractivity contribution in [2.24, 2.45) is 40.4 Å². The van der Waals surface area contributed by atoms with Crippen LogP contribution in [0.5, 0.6) is 0 Å². The molecular weight excluding hydrogens is 324 g/mol. The molecule has 7 atom stereocenters. The van der Waals surface area contributed by atoms with E-state index in [0.29, 0.717) is 11.3 Å². The van der Waals surface area contributed by atoms with Crippen molar-refractivity contribution >= 4 is 11.8 Å². The molecule has 4 rings (SSSR count). The Hall–Kier alpha value is -0.860. The van der Waals surface area contributed by atoms with E-state index < -0.39 is 0 Å². The number of rotatable bonds is 3. The lowest BCUT2D eigenvalue weighted by atomic mass is 9.45. The Kier molecular flexibility index (Phi) is 4.72. The number of ketones is 1. The van der Waals surface area contributed by atoms with Gasteiger partial charge in [-0.25, -0.2) is 0 Å². The fourth-order valence-corrected chi connectivity index (χ4v) is 8.10. The SMILES string of the molecule is CC(=O)OCC(=O)[C@@H]1CC[C@@H]2[C@@H]3CC[C@H]4CCCC[C@]4(C)[C@H]3CC[C@]21C. The fourth-order valence-electron chi connectivity index (χ4n) is 8.10. The molecular formula is C23H36O3. The third-order valence-corrected chi connectivity index (χ3v) is 9.39. The second-order valence-electron chi connectivity index (χ2n) is 10.3. The average Bonchev–Trinajstić information content (AvgIpc) is 2.96. The summed E-state index contributed by atoms with van der Waals surface area (Å²) in [4.78, 5) is 23.9. The van der Waals surface area contributed by atoms with Gasteiger partial charge in [0.1, 0.15) is 6.61 Å². The largest absolute Gasteiger partial charge is 0.458 e. The van der Waals surface area contributed by atoms with Gasteiger partial charge in [-0.2, -0.15) is 0 Å². The van der Waals surface area contributed by atoms with Crippen LogP contribution < -0.4 is 0 Å². The number of hydrogen-bond donors (Lipinski definition) is 0. The Balaban J connectivity index is 1.53. The first-order valence-corrected chi connectivity index (χ1v) is 11.0. The molecule has 0 spiro atoms. The van der Waals surface area contributed by atoms with E-state index in [2.05, 4.69) is 13.8 Å². The van der Waals surface area contributed by atoms with Gasteiger partial charge in [-0.15, -0.1) is 0 Å². The van der Waals surface area contributed by atoms with Crippen molar-refractivity contribution in [3.63, 3.8) is 0 Å². The van der Waals surface area contributed by atoms with Gasteiger partial charge in [0.25, 0.3) is 0 Å². The summed E-state index contributed by atoms with van der Waals surface area (Å²) in [6.45, 7) is 6.36. The minimum absolute atomic E-state index is 0.0177. The van der Waals surface area contributed by atoms with Crippen LogP contribution in [-0.2, 0) is 14.3 Å². The lowest BCUT2D eigenvalue weighted by Gasteiger charge is -2.60. The van der Waals surface area contributed by atoms with Crippen molar-refractivity contribution in [2.45, 2.75) is 85.0 Å². The van der Waals surface area contributed by atoms with Crippen molar-refractivity contribution in [1.82, 2.24) is 0 Å². The van der Waals surface area contributed by atoms with Crippen LogP contribution in [0.2, 0.25) is 0 Å². The van der Waals surface area contributed by atoms with E-state index in [-0.39, 0.29) is 29.7 Å². The highest BCUT2D eigenvalue weighted by atomic mass is 16.5. The molecule has 0 bridgehead atoms. The highest BCUT2D eigenvalue weighted by molar-refractivity contribution is 5.85. The van der Waals surface area contributed by atoms with Crippen molar-refractivity contribution in [3.05, 3.63) is 0 Å². The molecule has 0 heterocycles.